The third-order valence-corrected chi connectivity index (χ3v) is 18.0. The van der Waals surface area contributed by atoms with E-state index in [0.29, 0.717) is 5.82 Å². The predicted octanol–water partition coefficient (Wildman–Crippen LogP) is -11.4. The average molecular weight is 839 g/mol. The summed E-state index contributed by atoms with van der Waals surface area (Å²) in [6, 6.07) is 28.2. The molecule has 0 radical (unpaired) electrons. The Kier molecular flexibility index (Phi) is 10.6. The first-order valence-corrected chi connectivity index (χ1v) is 24.1. The Hall–Kier alpha value is -5.10. The van der Waals surface area contributed by atoms with Crippen molar-refractivity contribution in [3.05, 3.63) is 78.9 Å². The Morgan fingerprint density at radius 2 is 0.625 bits per heavy atom. The van der Waals surface area contributed by atoms with Crippen LogP contribution in [0.5, 0.6) is 0 Å². The summed E-state index contributed by atoms with van der Waals surface area (Å²) in [6.45, 7) is 0. The Bertz CT molecular complexity index is 3670. The number of thiophene rings is 2. The minimum atomic E-state index is 0.680. The molecule has 0 bridgehead atoms. The van der Waals surface area contributed by atoms with Crippen molar-refractivity contribution in [1.29, 1.82) is 0 Å². The molecule has 0 spiro atoms. The first-order chi connectivity index (χ1) is 30.6. The van der Waals surface area contributed by atoms with Crippen molar-refractivity contribution in [2.75, 3.05) is 0 Å². The van der Waals surface area contributed by atoms with Gasteiger partial charge in [-0.1, -0.05) is 127 Å². The topological polar surface area (TPSA) is 38.7 Å². The summed E-state index contributed by atoms with van der Waals surface area (Å²) in [5, 5.41) is 5.40. The summed E-state index contributed by atoms with van der Waals surface area (Å²) in [6.07, 6.45) is 0. The highest BCUT2D eigenvalue weighted by Gasteiger charge is 2.26. The molecule has 7 aromatic carbocycles. The predicted molar refractivity (Wildman–Crippen MR) is 327 cm³/mol. The van der Waals surface area contributed by atoms with Crippen LogP contribution in [0.15, 0.2) is 78.9 Å². The number of hydrogen-bond acceptors (Lipinski definition) is 5. The molecule has 290 valence electrons. The van der Waals surface area contributed by atoms with Crippen molar-refractivity contribution in [2.45, 2.75) is 0 Å². The monoisotopic (exact) mass is 841 g/mol. The van der Waals surface area contributed by atoms with Gasteiger partial charge in [0.15, 0.2) is 17.5 Å². The van der Waals surface area contributed by atoms with Gasteiger partial charge in [0.1, 0.15) is 110 Å². The maximum absolute atomic E-state index is 5.64. The second-order valence-corrected chi connectivity index (χ2v) is 20.4. The molecule has 0 aliphatic rings. The molecule has 3 nitrogen and oxygen atoms in total. The molecule has 10 aromatic rings. The van der Waals surface area contributed by atoms with E-state index in [1.807, 2.05) is 22.7 Å². The smallest absolute Gasteiger partial charge is 0.164 e. The van der Waals surface area contributed by atoms with Gasteiger partial charge < -0.3 is 0 Å². The van der Waals surface area contributed by atoms with Gasteiger partial charge >= 0.3 is 0 Å². The van der Waals surface area contributed by atoms with Crippen LogP contribution >= 0.6 is 22.7 Å². The molecule has 0 atom stereocenters. The highest BCUT2D eigenvalue weighted by atomic mass is 32.1. The number of benzene rings is 7. The third-order valence-electron chi connectivity index (χ3n) is 15.3. The number of nitrogens with zero attached hydrogens (tertiary/aromatic N) is 3. The second kappa shape index (κ2) is 15.8. The molecular weight excluding hydrogens is 798 g/mol. The minimum Gasteiger partial charge on any atom is -0.208 e. The van der Waals surface area contributed by atoms with Crippen LogP contribution in [0.3, 0.4) is 0 Å². The van der Waals surface area contributed by atoms with Crippen molar-refractivity contribution in [3.8, 4) is 56.4 Å². The molecule has 3 aromatic heterocycles. The lowest BCUT2D eigenvalue weighted by atomic mass is 9.64. The maximum Gasteiger partial charge on any atom is 0.164 e. The van der Waals surface area contributed by atoms with Gasteiger partial charge in [0.2, 0.25) is 0 Å². The van der Waals surface area contributed by atoms with E-state index in [0.717, 1.165) is 39.5 Å². The number of fused-ring (bicyclic) bond motifs is 6. The third kappa shape index (κ3) is 6.38. The molecule has 0 aliphatic carbocycles. The van der Waals surface area contributed by atoms with Crippen molar-refractivity contribution < 1.29 is 0 Å². The van der Waals surface area contributed by atoms with Crippen LogP contribution in [-0.4, -0.2) is 125 Å². The fourth-order valence-corrected chi connectivity index (χ4v) is 13.5. The maximum atomic E-state index is 5.64. The first-order valence-electron chi connectivity index (χ1n) is 22.5. The van der Waals surface area contributed by atoms with Gasteiger partial charge in [-0.2, -0.15) is 0 Å². The molecule has 3 heterocycles. The van der Waals surface area contributed by atoms with E-state index in [9.17, 15) is 0 Å². The molecule has 0 saturated heterocycles. The summed E-state index contributed by atoms with van der Waals surface area (Å²) in [5.74, 6) is 2.13. The van der Waals surface area contributed by atoms with E-state index in [-0.39, 0.29) is 0 Å². The van der Waals surface area contributed by atoms with Crippen LogP contribution in [0.2, 0.25) is 0 Å². The molecule has 0 N–H and O–H groups in total. The summed E-state index contributed by atoms with van der Waals surface area (Å²) in [7, 11) is 32.0. The van der Waals surface area contributed by atoms with Gasteiger partial charge in [0, 0.05) is 35.5 Å². The second-order valence-electron chi connectivity index (χ2n) is 18.4. The zero-order chi connectivity index (χ0) is 45.2. The lowest BCUT2D eigenvalue weighted by Crippen LogP contribution is -2.47. The Balaban J connectivity index is 1.27. The van der Waals surface area contributed by atoms with Gasteiger partial charge in [-0.15, -0.1) is 44.5 Å². The van der Waals surface area contributed by atoms with E-state index in [2.05, 4.69) is 189 Å². The molecular formula is C45H41B14N3S2. The van der Waals surface area contributed by atoms with Gasteiger partial charge in [-0.25, -0.2) is 15.0 Å². The van der Waals surface area contributed by atoms with Crippen molar-refractivity contribution >= 4 is 249 Å². The van der Waals surface area contributed by atoms with Crippen LogP contribution in [0, 0.1) is 0 Å². The van der Waals surface area contributed by atoms with Crippen LogP contribution in [0.1, 0.15) is 0 Å². The zero-order valence-corrected chi connectivity index (χ0v) is 41.3. The lowest BCUT2D eigenvalue weighted by molar-refractivity contribution is 1.08. The van der Waals surface area contributed by atoms with Crippen LogP contribution in [0.4, 0.5) is 0 Å². The van der Waals surface area contributed by atoms with Gasteiger partial charge in [0.05, 0.1) is 0 Å². The summed E-state index contributed by atoms with van der Waals surface area (Å²) in [5.41, 5.74) is 26.4. The molecule has 0 unspecified atom stereocenters. The molecule has 0 saturated carbocycles. The number of rotatable bonds is 5. The summed E-state index contributed by atoms with van der Waals surface area (Å²) in [4.78, 5) is 16.7. The first kappa shape index (κ1) is 42.8. The normalized spacial score (nSPS) is 11.7. The largest absolute Gasteiger partial charge is 0.208 e. The number of hydrogen-bond donors (Lipinski definition) is 0. The Morgan fingerprint density at radius 3 is 1.19 bits per heavy atom. The van der Waals surface area contributed by atoms with Gasteiger partial charge in [-0.05, 0) is 49.9 Å². The van der Waals surface area contributed by atoms with Crippen LogP contribution in [-0.2, 0) is 0 Å². The van der Waals surface area contributed by atoms with Crippen LogP contribution in [0.25, 0.3) is 96.8 Å². The van der Waals surface area contributed by atoms with Crippen molar-refractivity contribution in [3.63, 3.8) is 0 Å². The minimum absolute atomic E-state index is 0.680. The summed E-state index contributed by atoms with van der Waals surface area (Å²) < 4.78 is 5.36. The van der Waals surface area contributed by atoms with Crippen molar-refractivity contribution in [1.82, 2.24) is 15.0 Å². The van der Waals surface area contributed by atoms with E-state index < -0.39 is 0 Å². The SMILES string of the molecule is Bc1c(B)c(B)c2c(sc3c(B)c(B)c(-c4nc(-c5cccc(-c6ccc(-c7ccccc7)cc6)c5)nc(-c5c(B)c(B)c(B)c6c5sc5c(B)c(B)c(B)c(B)c56)n4)c(B)c32)c1B. The fourth-order valence-electron chi connectivity index (χ4n) is 10.3. The molecule has 19 heteroatoms. The Morgan fingerprint density at radius 1 is 0.266 bits per heavy atom. The Labute approximate surface area is 397 Å². The molecule has 0 fully saturated rings. The van der Waals surface area contributed by atoms with E-state index in [1.165, 1.54) is 128 Å². The van der Waals surface area contributed by atoms with Gasteiger partial charge in [0.25, 0.3) is 0 Å². The molecule has 10 rings (SSSR count). The average Bonchev–Trinajstić information content (AvgIpc) is 3.92. The highest BCUT2D eigenvalue weighted by Crippen LogP contribution is 2.37. The lowest BCUT2D eigenvalue weighted by Gasteiger charge is -2.19. The quantitative estimate of drug-likeness (QED) is 0.162. The summed E-state index contributed by atoms with van der Waals surface area (Å²) >= 11 is 3.85. The molecule has 0 aliphatic heterocycles. The zero-order valence-electron chi connectivity index (χ0n) is 39.7. The van der Waals surface area contributed by atoms with E-state index >= 15 is 0 Å². The van der Waals surface area contributed by atoms with E-state index in [4.69, 9.17) is 15.0 Å². The fraction of sp³-hybridized carbons (Fsp3) is 0. The van der Waals surface area contributed by atoms with Gasteiger partial charge in [-0.3, -0.25) is 0 Å². The van der Waals surface area contributed by atoms with E-state index in [1.54, 1.807) is 0 Å². The number of aromatic nitrogens is 3. The molecule has 0 amide bonds. The van der Waals surface area contributed by atoms with Crippen LogP contribution < -0.4 is 76.5 Å². The standard InChI is InChI=1S/C45H41B14N3S2/c46-25-19-21-27(48)32(53)35(56)38(59)42(21)64-40(19)36(57)29(50)23(25)44-60-43(18-8-4-7-17(13-18)16-11-9-15(10-12-16)14-5-2-1-3-6-14)61-45(62-44)24-30(51)31(52)26(47)20-22-28(49)33(54)34(55)37(58)41(22)63-39(20)24/h1-13H,46-59H2. The highest BCUT2D eigenvalue weighted by molar-refractivity contribution is 7.29. The molecule has 64 heavy (non-hydrogen) atoms. The van der Waals surface area contributed by atoms with Crippen molar-refractivity contribution in [2.24, 2.45) is 0 Å².